The summed E-state index contributed by atoms with van der Waals surface area (Å²) in [6.45, 7) is 7.43. The van der Waals surface area contributed by atoms with Crippen LogP contribution in [0.3, 0.4) is 0 Å². The predicted molar refractivity (Wildman–Crippen MR) is 75.9 cm³/mol. The number of aromatic nitrogens is 1. The molecule has 1 fully saturated rings. The smallest absolute Gasteiger partial charge is 0.188 e. The number of anilines is 1. The number of nitrogens with one attached hydrogen (secondary N) is 1. The van der Waals surface area contributed by atoms with Crippen molar-refractivity contribution in [1.29, 1.82) is 5.41 Å². The Hall–Kier alpha value is -0.980. The van der Waals surface area contributed by atoms with Crippen molar-refractivity contribution in [2.24, 2.45) is 0 Å². The SMILES string of the molecule is Cc1sc2nc(N3CCOCC3)sc(=N)c2c1C. The maximum Gasteiger partial charge on any atom is 0.188 e. The minimum atomic E-state index is 0.628. The van der Waals surface area contributed by atoms with Crippen LogP contribution in [0.4, 0.5) is 5.13 Å². The van der Waals surface area contributed by atoms with E-state index in [2.05, 4.69) is 18.7 Å². The second-order valence-corrected chi connectivity index (χ2v) is 6.57. The number of thiophene rings is 1. The number of fused-ring (bicyclic) bond motifs is 1. The zero-order valence-electron chi connectivity index (χ0n) is 10.4. The molecule has 96 valence electrons. The van der Waals surface area contributed by atoms with Gasteiger partial charge < -0.3 is 9.64 Å². The molecule has 18 heavy (non-hydrogen) atoms. The molecule has 1 aliphatic rings. The van der Waals surface area contributed by atoms with E-state index in [9.17, 15) is 0 Å². The van der Waals surface area contributed by atoms with E-state index < -0.39 is 0 Å². The Labute approximate surface area is 113 Å². The van der Waals surface area contributed by atoms with Gasteiger partial charge in [-0.1, -0.05) is 11.3 Å². The van der Waals surface area contributed by atoms with Gasteiger partial charge in [-0.25, -0.2) is 4.98 Å². The van der Waals surface area contributed by atoms with E-state index in [0.29, 0.717) is 4.67 Å². The van der Waals surface area contributed by atoms with Crippen molar-refractivity contribution >= 4 is 38.0 Å². The van der Waals surface area contributed by atoms with E-state index in [1.54, 1.807) is 11.3 Å². The largest absolute Gasteiger partial charge is 0.378 e. The van der Waals surface area contributed by atoms with Gasteiger partial charge >= 0.3 is 0 Å². The summed E-state index contributed by atoms with van der Waals surface area (Å²) in [6.07, 6.45) is 0. The van der Waals surface area contributed by atoms with Crippen molar-refractivity contribution in [3.63, 3.8) is 0 Å². The molecule has 0 atom stereocenters. The van der Waals surface area contributed by atoms with E-state index >= 15 is 0 Å². The molecule has 3 rings (SSSR count). The molecule has 1 saturated heterocycles. The third-order valence-corrected chi connectivity index (χ3v) is 5.31. The summed E-state index contributed by atoms with van der Waals surface area (Å²) in [5.74, 6) is 0. The molecule has 3 heterocycles. The molecule has 0 saturated carbocycles. The molecular weight excluding hydrogens is 266 g/mol. The highest BCUT2D eigenvalue weighted by atomic mass is 32.1. The number of ether oxygens (including phenoxy) is 1. The fourth-order valence-corrected chi connectivity index (χ4v) is 4.24. The van der Waals surface area contributed by atoms with Crippen molar-refractivity contribution in [3.05, 3.63) is 15.1 Å². The van der Waals surface area contributed by atoms with Crippen LogP contribution in [-0.4, -0.2) is 31.3 Å². The Morgan fingerprint density at radius 3 is 2.67 bits per heavy atom. The third-order valence-electron chi connectivity index (χ3n) is 3.27. The number of hydrogen-bond donors (Lipinski definition) is 1. The summed E-state index contributed by atoms with van der Waals surface area (Å²) in [6, 6.07) is 0. The van der Waals surface area contributed by atoms with Gasteiger partial charge in [0.1, 0.15) is 9.50 Å². The zero-order chi connectivity index (χ0) is 12.7. The van der Waals surface area contributed by atoms with Crippen LogP contribution in [0.1, 0.15) is 10.4 Å². The molecule has 0 radical (unpaired) electrons. The Kier molecular flexibility index (Phi) is 3.09. The molecule has 2 aromatic heterocycles. The second kappa shape index (κ2) is 4.60. The Morgan fingerprint density at radius 1 is 1.22 bits per heavy atom. The summed E-state index contributed by atoms with van der Waals surface area (Å²) >= 11 is 3.16. The van der Waals surface area contributed by atoms with Gasteiger partial charge in [0.05, 0.1) is 13.2 Å². The Bertz CT molecular complexity index is 641. The molecule has 0 aromatic carbocycles. The van der Waals surface area contributed by atoms with Crippen LogP contribution in [0.15, 0.2) is 0 Å². The molecular formula is C12H15N3OS2. The third kappa shape index (κ3) is 1.94. The summed E-state index contributed by atoms with van der Waals surface area (Å²) in [5, 5.41) is 10.2. The molecule has 0 amide bonds. The molecule has 4 nitrogen and oxygen atoms in total. The number of rotatable bonds is 1. The van der Waals surface area contributed by atoms with E-state index in [1.165, 1.54) is 21.8 Å². The number of aryl methyl sites for hydroxylation is 2. The topological polar surface area (TPSA) is 49.2 Å². The first-order valence-corrected chi connectivity index (χ1v) is 7.58. The lowest BCUT2D eigenvalue weighted by atomic mass is 10.2. The van der Waals surface area contributed by atoms with Crippen molar-refractivity contribution < 1.29 is 4.74 Å². The lowest BCUT2D eigenvalue weighted by Gasteiger charge is -2.26. The first kappa shape index (κ1) is 12.1. The zero-order valence-corrected chi connectivity index (χ0v) is 12.1. The van der Waals surface area contributed by atoms with E-state index in [0.717, 1.165) is 41.7 Å². The summed E-state index contributed by atoms with van der Waals surface area (Å²) in [7, 11) is 0. The Balaban J connectivity index is 2.12. The van der Waals surface area contributed by atoms with E-state index in [4.69, 9.17) is 15.1 Å². The van der Waals surface area contributed by atoms with Crippen molar-refractivity contribution in [2.45, 2.75) is 13.8 Å². The van der Waals surface area contributed by atoms with Gasteiger partial charge in [0.15, 0.2) is 5.13 Å². The number of hydrogen-bond acceptors (Lipinski definition) is 6. The van der Waals surface area contributed by atoms with Gasteiger partial charge in [0.25, 0.3) is 0 Å². The highest BCUT2D eigenvalue weighted by Gasteiger charge is 2.16. The fraction of sp³-hybridized carbons (Fsp3) is 0.500. The molecule has 0 spiro atoms. The molecule has 2 aromatic rings. The van der Waals surface area contributed by atoms with E-state index in [-0.39, 0.29) is 0 Å². The van der Waals surface area contributed by atoms with Crippen LogP contribution >= 0.6 is 22.7 Å². The maximum absolute atomic E-state index is 8.20. The molecule has 0 unspecified atom stereocenters. The highest BCUT2D eigenvalue weighted by molar-refractivity contribution is 7.20. The predicted octanol–water partition coefficient (Wildman–Crippen LogP) is 2.29. The van der Waals surface area contributed by atoms with Crippen LogP contribution in [0, 0.1) is 19.3 Å². The van der Waals surface area contributed by atoms with Gasteiger partial charge in [0, 0.05) is 23.4 Å². The van der Waals surface area contributed by atoms with E-state index in [1.807, 2.05) is 0 Å². The van der Waals surface area contributed by atoms with Crippen LogP contribution in [0.5, 0.6) is 0 Å². The minimum Gasteiger partial charge on any atom is -0.378 e. The number of nitrogens with zero attached hydrogens (tertiary/aromatic N) is 2. The summed E-state index contributed by atoms with van der Waals surface area (Å²) < 4.78 is 5.98. The maximum atomic E-state index is 8.20. The van der Waals surface area contributed by atoms with Crippen molar-refractivity contribution in [2.75, 3.05) is 31.2 Å². The van der Waals surface area contributed by atoms with Crippen molar-refractivity contribution in [1.82, 2.24) is 4.98 Å². The van der Waals surface area contributed by atoms with Crippen LogP contribution in [0.25, 0.3) is 10.2 Å². The Morgan fingerprint density at radius 2 is 1.94 bits per heavy atom. The standard InChI is InChI=1S/C12H15N3OS2/c1-7-8(2)17-11-9(7)10(13)18-12(14-11)15-3-5-16-6-4-15/h13H,3-6H2,1-2H3. The molecule has 0 aliphatic carbocycles. The van der Waals surface area contributed by atoms with Crippen LogP contribution in [-0.2, 0) is 4.74 Å². The molecule has 6 heteroatoms. The van der Waals surface area contributed by atoms with Gasteiger partial charge in [0.2, 0.25) is 0 Å². The van der Waals surface area contributed by atoms with Crippen LogP contribution in [0.2, 0.25) is 0 Å². The van der Waals surface area contributed by atoms with Crippen LogP contribution < -0.4 is 9.57 Å². The second-order valence-electron chi connectivity index (χ2n) is 4.39. The average Bonchev–Trinajstić information content (AvgIpc) is 2.66. The minimum absolute atomic E-state index is 0.628. The molecule has 0 bridgehead atoms. The first-order valence-electron chi connectivity index (χ1n) is 5.95. The lowest BCUT2D eigenvalue weighted by Crippen LogP contribution is -2.36. The highest BCUT2D eigenvalue weighted by Crippen LogP contribution is 2.29. The molecule has 1 N–H and O–H groups in total. The van der Waals surface area contributed by atoms with Gasteiger partial charge in [-0.3, -0.25) is 5.41 Å². The quantitative estimate of drug-likeness (QED) is 0.872. The average molecular weight is 281 g/mol. The normalized spacial score (nSPS) is 16.4. The number of morpholine rings is 1. The first-order chi connectivity index (χ1) is 8.66. The van der Waals surface area contributed by atoms with Crippen molar-refractivity contribution in [3.8, 4) is 0 Å². The monoisotopic (exact) mass is 281 g/mol. The molecule has 1 aliphatic heterocycles. The van der Waals surface area contributed by atoms with Gasteiger partial charge in [-0.2, -0.15) is 0 Å². The lowest BCUT2D eigenvalue weighted by molar-refractivity contribution is 0.122. The summed E-state index contributed by atoms with van der Waals surface area (Å²) in [4.78, 5) is 9.20. The van der Waals surface area contributed by atoms with Gasteiger partial charge in [-0.05, 0) is 19.4 Å². The summed E-state index contributed by atoms with van der Waals surface area (Å²) in [5.41, 5.74) is 1.21. The van der Waals surface area contributed by atoms with Gasteiger partial charge in [-0.15, -0.1) is 11.3 Å². The fourth-order valence-electron chi connectivity index (χ4n) is 2.10.